The molecule has 4 rings (SSSR count). The SMILES string of the molecule is COc1ccc(OCCOc2ccc(/C=C3\SC(=S)N(c4ccc(C)cc4)C3=O)cc2)cc1. The maximum atomic E-state index is 12.9. The molecule has 1 saturated heterocycles. The van der Waals surface area contributed by atoms with Crippen molar-refractivity contribution in [1.82, 2.24) is 0 Å². The van der Waals surface area contributed by atoms with Crippen LogP contribution in [0.25, 0.3) is 6.08 Å². The van der Waals surface area contributed by atoms with E-state index in [4.69, 9.17) is 26.4 Å². The number of methoxy groups -OCH3 is 1. The summed E-state index contributed by atoms with van der Waals surface area (Å²) in [7, 11) is 1.63. The van der Waals surface area contributed by atoms with Crippen molar-refractivity contribution in [3.63, 3.8) is 0 Å². The van der Waals surface area contributed by atoms with Crippen molar-refractivity contribution < 1.29 is 19.0 Å². The van der Waals surface area contributed by atoms with Gasteiger partial charge < -0.3 is 14.2 Å². The molecule has 0 aromatic heterocycles. The number of hydrogen-bond donors (Lipinski definition) is 0. The number of benzene rings is 3. The van der Waals surface area contributed by atoms with Gasteiger partial charge in [-0.3, -0.25) is 9.69 Å². The van der Waals surface area contributed by atoms with E-state index in [0.29, 0.717) is 22.4 Å². The Labute approximate surface area is 203 Å². The summed E-state index contributed by atoms with van der Waals surface area (Å²) in [6.07, 6.45) is 1.85. The number of aryl methyl sites for hydroxylation is 1. The topological polar surface area (TPSA) is 48.0 Å². The van der Waals surface area contributed by atoms with Gasteiger partial charge in [-0.05, 0) is 67.1 Å². The van der Waals surface area contributed by atoms with Crippen LogP contribution in [-0.2, 0) is 4.79 Å². The van der Waals surface area contributed by atoms with Crippen molar-refractivity contribution in [3.8, 4) is 17.2 Å². The highest BCUT2D eigenvalue weighted by atomic mass is 32.2. The Kier molecular flexibility index (Phi) is 7.32. The number of thiocarbonyl (C=S) groups is 1. The van der Waals surface area contributed by atoms with Crippen LogP contribution in [0.2, 0.25) is 0 Å². The number of nitrogens with zero attached hydrogens (tertiary/aromatic N) is 1. The minimum absolute atomic E-state index is 0.107. The fourth-order valence-electron chi connectivity index (χ4n) is 3.19. The number of rotatable bonds is 8. The predicted octanol–water partition coefficient (Wildman–Crippen LogP) is 5.87. The molecule has 1 aliphatic heterocycles. The van der Waals surface area contributed by atoms with E-state index in [1.165, 1.54) is 11.8 Å². The molecule has 1 amide bonds. The van der Waals surface area contributed by atoms with Gasteiger partial charge in [0.05, 0.1) is 17.7 Å². The Bertz CT molecular complexity index is 1160. The fraction of sp³-hybridized carbons (Fsp3) is 0.154. The number of ether oxygens (including phenoxy) is 3. The molecule has 5 nitrogen and oxygen atoms in total. The first kappa shape index (κ1) is 22.9. The summed E-state index contributed by atoms with van der Waals surface area (Å²) >= 11 is 6.75. The number of amides is 1. The second-order valence-electron chi connectivity index (χ2n) is 7.29. The van der Waals surface area contributed by atoms with Crippen molar-refractivity contribution in [2.75, 3.05) is 25.2 Å². The maximum absolute atomic E-state index is 12.9. The Morgan fingerprint density at radius 1 is 0.848 bits per heavy atom. The van der Waals surface area contributed by atoms with Crippen LogP contribution in [0.3, 0.4) is 0 Å². The first-order valence-electron chi connectivity index (χ1n) is 10.4. The molecule has 1 aliphatic rings. The van der Waals surface area contributed by atoms with Crippen LogP contribution in [0, 0.1) is 6.92 Å². The lowest BCUT2D eigenvalue weighted by molar-refractivity contribution is -0.113. The van der Waals surface area contributed by atoms with E-state index in [0.717, 1.165) is 34.1 Å². The molecule has 0 bridgehead atoms. The third-order valence-electron chi connectivity index (χ3n) is 4.94. The van der Waals surface area contributed by atoms with E-state index in [1.54, 1.807) is 12.0 Å². The zero-order chi connectivity index (χ0) is 23.2. The number of anilines is 1. The van der Waals surface area contributed by atoms with Gasteiger partial charge in [0, 0.05) is 0 Å². The van der Waals surface area contributed by atoms with Crippen LogP contribution in [0.5, 0.6) is 17.2 Å². The molecule has 0 atom stereocenters. The summed E-state index contributed by atoms with van der Waals surface area (Å²) in [4.78, 5) is 15.1. The molecule has 0 radical (unpaired) electrons. The van der Waals surface area contributed by atoms with E-state index in [-0.39, 0.29) is 5.91 Å². The standard InChI is InChI=1S/C26H23NO4S2/c1-18-3-7-20(8-4-18)27-25(28)24(33-26(27)32)17-19-5-9-22(10-6-19)30-15-16-31-23-13-11-21(29-2)12-14-23/h3-14,17H,15-16H2,1-2H3/b24-17-. The Morgan fingerprint density at radius 2 is 1.39 bits per heavy atom. The van der Waals surface area contributed by atoms with Crippen molar-refractivity contribution in [2.45, 2.75) is 6.92 Å². The van der Waals surface area contributed by atoms with Crippen LogP contribution in [0.4, 0.5) is 5.69 Å². The molecule has 3 aromatic carbocycles. The highest BCUT2D eigenvalue weighted by molar-refractivity contribution is 8.27. The summed E-state index contributed by atoms with van der Waals surface area (Å²) in [5.41, 5.74) is 2.82. The minimum Gasteiger partial charge on any atom is -0.497 e. The Balaban J connectivity index is 1.31. The number of thioether (sulfide) groups is 1. The molecule has 0 saturated carbocycles. The number of hydrogen-bond acceptors (Lipinski definition) is 6. The minimum atomic E-state index is -0.107. The van der Waals surface area contributed by atoms with Gasteiger partial charge in [0.1, 0.15) is 30.5 Å². The smallest absolute Gasteiger partial charge is 0.270 e. The van der Waals surface area contributed by atoms with Crippen molar-refractivity contribution in [1.29, 1.82) is 0 Å². The summed E-state index contributed by atoms with van der Waals surface area (Å²) in [6.45, 7) is 2.85. The zero-order valence-corrected chi connectivity index (χ0v) is 19.9. The molecule has 7 heteroatoms. The first-order valence-corrected chi connectivity index (χ1v) is 11.6. The second kappa shape index (κ2) is 10.6. The lowest BCUT2D eigenvalue weighted by Crippen LogP contribution is -2.27. The van der Waals surface area contributed by atoms with Crippen molar-refractivity contribution in [3.05, 3.63) is 88.8 Å². The van der Waals surface area contributed by atoms with E-state index < -0.39 is 0 Å². The monoisotopic (exact) mass is 477 g/mol. The fourth-order valence-corrected chi connectivity index (χ4v) is 4.49. The van der Waals surface area contributed by atoms with Crippen molar-refractivity contribution in [2.24, 2.45) is 0 Å². The van der Waals surface area contributed by atoms with E-state index in [9.17, 15) is 4.79 Å². The second-order valence-corrected chi connectivity index (χ2v) is 8.97. The van der Waals surface area contributed by atoms with Gasteiger partial charge in [0.25, 0.3) is 5.91 Å². The highest BCUT2D eigenvalue weighted by Gasteiger charge is 2.33. The summed E-state index contributed by atoms with van der Waals surface area (Å²) in [5.74, 6) is 2.18. The predicted molar refractivity (Wildman–Crippen MR) is 137 cm³/mol. The average Bonchev–Trinajstić information content (AvgIpc) is 3.11. The molecule has 1 fully saturated rings. The van der Waals surface area contributed by atoms with Gasteiger partial charge in [0.2, 0.25) is 0 Å². The zero-order valence-electron chi connectivity index (χ0n) is 18.3. The van der Waals surface area contributed by atoms with Crippen LogP contribution in [0.15, 0.2) is 77.7 Å². The summed E-state index contributed by atoms with van der Waals surface area (Å²) < 4.78 is 17.1. The molecule has 0 spiro atoms. The molecule has 33 heavy (non-hydrogen) atoms. The molecule has 1 heterocycles. The molecule has 168 valence electrons. The van der Waals surface area contributed by atoms with E-state index in [1.807, 2.05) is 85.8 Å². The van der Waals surface area contributed by atoms with Crippen LogP contribution in [0.1, 0.15) is 11.1 Å². The lowest BCUT2D eigenvalue weighted by atomic mass is 10.2. The largest absolute Gasteiger partial charge is 0.497 e. The van der Waals surface area contributed by atoms with Crippen LogP contribution in [-0.4, -0.2) is 30.6 Å². The summed E-state index contributed by atoms with van der Waals surface area (Å²) in [6, 6.07) is 22.8. The van der Waals surface area contributed by atoms with E-state index in [2.05, 4.69) is 0 Å². The van der Waals surface area contributed by atoms with Gasteiger partial charge in [-0.1, -0.05) is 53.8 Å². The lowest BCUT2D eigenvalue weighted by Gasteiger charge is -2.14. The Morgan fingerprint density at radius 3 is 1.97 bits per heavy atom. The van der Waals surface area contributed by atoms with Gasteiger partial charge >= 0.3 is 0 Å². The molecule has 0 unspecified atom stereocenters. The highest BCUT2D eigenvalue weighted by Crippen LogP contribution is 2.36. The van der Waals surface area contributed by atoms with E-state index >= 15 is 0 Å². The molecule has 0 N–H and O–H groups in total. The normalized spacial score (nSPS) is 14.6. The molecular weight excluding hydrogens is 454 g/mol. The van der Waals surface area contributed by atoms with Gasteiger partial charge in [0.15, 0.2) is 4.32 Å². The number of carbonyl (C=O) groups is 1. The van der Waals surface area contributed by atoms with Crippen molar-refractivity contribution >= 4 is 46.0 Å². The molecular formula is C26H23NO4S2. The van der Waals surface area contributed by atoms with Gasteiger partial charge in [-0.25, -0.2) is 0 Å². The molecule has 0 aliphatic carbocycles. The van der Waals surface area contributed by atoms with Crippen LogP contribution >= 0.6 is 24.0 Å². The third kappa shape index (κ3) is 5.74. The first-order chi connectivity index (χ1) is 16.0. The van der Waals surface area contributed by atoms with Gasteiger partial charge in [-0.15, -0.1) is 0 Å². The maximum Gasteiger partial charge on any atom is 0.270 e. The molecule has 3 aromatic rings. The van der Waals surface area contributed by atoms with Gasteiger partial charge in [-0.2, -0.15) is 0 Å². The average molecular weight is 478 g/mol. The third-order valence-corrected chi connectivity index (χ3v) is 6.25. The summed E-state index contributed by atoms with van der Waals surface area (Å²) in [5, 5.41) is 0. The van der Waals surface area contributed by atoms with Crippen LogP contribution < -0.4 is 19.1 Å². The Hall–Kier alpha value is -3.29. The quantitative estimate of drug-likeness (QED) is 0.230. The number of carbonyl (C=O) groups excluding carboxylic acids is 1.